The fourth-order valence-corrected chi connectivity index (χ4v) is 3.57. The second-order valence-electron chi connectivity index (χ2n) is 7.01. The molecule has 2 aromatic rings. The summed E-state index contributed by atoms with van der Waals surface area (Å²) in [7, 11) is 0. The van der Waals surface area contributed by atoms with E-state index in [1.165, 1.54) is 17.7 Å². The molecule has 1 N–H and O–H groups in total. The van der Waals surface area contributed by atoms with Crippen LogP contribution in [0.5, 0.6) is 5.75 Å². The molecule has 3 rings (SSSR count). The zero-order valence-corrected chi connectivity index (χ0v) is 15.9. The van der Waals surface area contributed by atoms with Crippen molar-refractivity contribution in [2.45, 2.75) is 50.9 Å². The number of halogens is 3. The third-order valence-corrected chi connectivity index (χ3v) is 4.99. The molecule has 0 radical (unpaired) electrons. The highest BCUT2D eigenvalue weighted by Crippen LogP contribution is 2.35. The third kappa shape index (κ3) is 4.70. The molecule has 0 saturated heterocycles. The summed E-state index contributed by atoms with van der Waals surface area (Å²) in [5.74, 6) is -0.441. The van der Waals surface area contributed by atoms with Gasteiger partial charge in [-0.3, -0.25) is 4.79 Å². The normalized spacial score (nSPS) is 16.6. The summed E-state index contributed by atoms with van der Waals surface area (Å²) in [6.45, 7) is 1.87. The van der Waals surface area contributed by atoms with Crippen molar-refractivity contribution < 1.29 is 22.7 Å². The van der Waals surface area contributed by atoms with Crippen LogP contribution in [0.25, 0.3) is 0 Å². The van der Waals surface area contributed by atoms with Crippen molar-refractivity contribution in [3.63, 3.8) is 0 Å². The lowest BCUT2D eigenvalue weighted by Gasteiger charge is -2.22. The maximum absolute atomic E-state index is 13.2. The second kappa shape index (κ2) is 8.56. The molecule has 2 aromatic carbocycles. The molecular weight excluding hydrogens is 381 g/mol. The third-order valence-electron chi connectivity index (χ3n) is 4.99. The Morgan fingerprint density at radius 2 is 2.07 bits per heavy atom. The molecular formula is C22H21F3N2O2. The lowest BCUT2D eigenvalue weighted by atomic mass is 10.1. The predicted octanol–water partition coefficient (Wildman–Crippen LogP) is 4.93. The van der Waals surface area contributed by atoms with Gasteiger partial charge >= 0.3 is 6.18 Å². The molecule has 0 fully saturated rings. The molecule has 1 aliphatic carbocycles. The van der Waals surface area contributed by atoms with Gasteiger partial charge < -0.3 is 10.1 Å². The van der Waals surface area contributed by atoms with Crippen molar-refractivity contribution >= 4 is 5.91 Å². The highest BCUT2D eigenvalue weighted by molar-refractivity contribution is 5.81. The van der Waals surface area contributed by atoms with E-state index in [4.69, 9.17) is 10.00 Å². The number of hydrogen-bond acceptors (Lipinski definition) is 3. The number of carbonyl (C=O) groups is 1. The van der Waals surface area contributed by atoms with Gasteiger partial charge in [-0.2, -0.15) is 18.4 Å². The molecule has 2 atom stereocenters. The Bertz CT molecular complexity index is 934. The molecule has 0 heterocycles. The van der Waals surface area contributed by atoms with E-state index < -0.39 is 23.4 Å². The topological polar surface area (TPSA) is 62.1 Å². The molecule has 0 spiro atoms. The van der Waals surface area contributed by atoms with Crippen LogP contribution in [0, 0.1) is 11.3 Å². The number of alkyl halides is 3. The smallest absolute Gasteiger partial charge is 0.417 e. The number of nitrogens with one attached hydrogen (secondary N) is 1. The number of rotatable bonds is 6. The van der Waals surface area contributed by atoms with Crippen molar-refractivity contribution in [3.8, 4) is 11.8 Å². The van der Waals surface area contributed by atoms with Crippen LogP contribution in [0.1, 0.15) is 54.5 Å². The summed E-state index contributed by atoms with van der Waals surface area (Å²) < 4.78 is 45.2. The molecule has 0 bridgehead atoms. The molecule has 0 saturated carbocycles. The van der Waals surface area contributed by atoms with Gasteiger partial charge in [0.15, 0.2) is 6.10 Å². The number of aryl methyl sites for hydroxylation is 1. The highest BCUT2D eigenvalue weighted by Gasteiger charge is 2.34. The molecule has 7 heteroatoms. The van der Waals surface area contributed by atoms with Crippen LogP contribution in [0.2, 0.25) is 0 Å². The van der Waals surface area contributed by atoms with E-state index in [9.17, 15) is 18.0 Å². The number of nitriles is 1. The number of amides is 1. The molecule has 152 valence electrons. The Morgan fingerprint density at radius 1 is 1.31 bits per heavy atom. The van der Waals surface area contributed by atoms with Crippen LogP contribution < -0.4 is 10.1 Å². The van der Waals surface area contributed by atoms with Crippen molar-refractivity contribution in [2.75, 3.05) is 0 Å². The van der Waals surface area contributed by atoms with E-state index in [0.717, 1.165) is 30.5 Å². The standard InChI is InChI=1S/C22H21F3N2O2/c1-2-5-20(21(28)27-19-11-9-14-6-3-4-7-17(14)19)29-16-10-8-15(13-26)18(12-16)22(23,24)25/h3-4,6-8,10,12,19-20H,2,5,9,11H2,1H3,(H,27,28). The van der Waals surface area contributed by atoms with Gasteiger partial charge in [0.25, 0.3) is 5.91 Å². The number of ether oxygens (including phenoxy) is 1. The first-order valence-corrected chi connectivity index (χ1v) is 9.49. The first-order chi connectivity index (χ1) is 13.8. The molecule has 0 aliphatic heterocycles. The molecule has 2 unspecified atom stereocenters. The van der Waals surface area contributed by atoms with E-state index >= 15 is 0 Å². The fourth-order valence-electron chi connectivity index (χ4n) is 3.57. The number of nitrogens with zero attached hydrogens (tertiary/aromatic N) is 1. The van der Waals surface area contributed by atoms with Crippen molar-refractivity contribution in [1.82, 2.24) is 5.32 Å². The highest BCUT2D eigenvalue weighted by atomic mass is 19.4. The van der Waals surface area contributed by atoms with Gasteiger partial charge in [-0.1, -0.05) is 37.6 Å². The summed E-state index contributed by atoms with van der Waals surface area (Å²) in [6, 6.07) is 12.4. The minimum Gasteiger partial charge on any atom is -0.481 e. The minimum atomic E-state index is -4.68. The Balaban J connectivity index is 1.77. The lowest BCUT2D eigenvalue weighted by molar-refractivity contribution is -0.137. The maximum atomic E-state index is 13.2. The van der Waals surface area contributed by atoms with E-state index in [0.29, 0.717) is 12.8 Å². The predicted molar refractivity (Wildman–Crippen MR) is 101 cm³/mol. The summed E-state index contributed by atoms with van der Waals surface area (Å²) in [5.41, 5.74) is 0.697. The largest absolute Gasteiger partial charge is 0.481 e. The van der Waals surface area contributed by atoms with Gasteiger partial charge in [-0.25, -0.2) is 0 Å². The Labute approximate surface area is 167 Å². The average molecular weight is 402 g/mol. The number of benzene rings is 2. The lowest BCUT2D eigenvalue weighted by Crippen LogP contribution is -2.39. The van der Waals surface area contributed by atoms with Gasteiger partial charge in [-0.05, 0) is 48.6 Å². The quantitative estimate of drug-likeness (QED) is 0.745. The molecule has 29 heavy (non-hydrogen) atoms. The molecule has 0 aromatic heterocycles. The summed E-state index contributed by atoms with van der Waals surface area (Å²) in [4.78, 5) is 12.8. The van der Waals surface area contributed by atoms with Gasteiger partial charge in [-0.15, -0.1) is 0 Å². The summed E-state index contributed by atoms with van der Waals surface area (Å²) in [6.07, 6.45) is -2.96. The summed E-state index contributed by atoms with van der Waals surface area (Å²) in [5, 5.41) is 11.9. The molecule has 4 nitrogen and oxygen atoms in total. The Kier molecular flexibility index (Phi) is 6.12. The van der Waals surface area contributed by atoms with Crippen LogP contribution in [0.15, 0.2) is 42.5 Å². The van der Waals surface area contributed by atoms with Crippen molar-refractivity contribution in [3.05, 3.63) is 64.7 Å². The number of fused-ring (bicyclic) bond motifs is 1. The Hall–Kier alpha value is -3.01. The first-order valence-electron chi connectivity index (χ1n) is 9.49. The average Bonchev–Trinajstić information content (AvgIpc) is 3.10. The van der Waals surface area contributed by atoms with E-state index in [1.807, 2.05) is 31.2 Å². The summed E-state index contributed by atoms with van der Waals surface area (Å²) >= 11 is 0. The maximum Gasteiger partial charge on any atom is 0.417 e. The SMILES string of the molecule is CCCC(Oc1ccc(C#N)c(C(F)(F)F)c1)C(=O)NC1CCc2ccccc21. The minimum absolute atomic E-state index is 0.0863. The fraction of sp³-hybridized carbons (Fsp3) is 0.364. The molecule has 1 aliphatic rings. The zero-order chi connectivity index (χ0) is 21.0. The van der Waals surface area contributed by atoms with Crippen molar-refractivity contribution in [2.24, 2.45) is 0 Å². The van der Waals surface area contributed by atoms with Crippen molar-refractivity contribution in [1.29, 1.82) is 5.26 Å². The van der Waals surface area contributed by atoms with Gasteiger partial charge in [0, 0.05) is 0 Å². The van der Waals surface area contributed by atoms with Crippen LogP contribution >= 0.6 is 0 Å². The Morgan fingerprint density at radius 3 is 2.76 bits per heavy atom. The van der Waals surface area contributed by atoms with Crippen LogP contribution in [-0.2, 0) is 17.4 Å². The molecule has 1 amide bonds. The van der Waals surface area contributed by atoms with Gasteiger partial charge in [0.05, 0.1) is 23.2 Å². The second-order valence-corrected chi connectivity index (χ2v) is 7.01. The van der Waals surface area contributed by atoms with Crippen LogP contribution in [0.4, 0.5) is 13.2 Å². The first kappa shape index (κ1) is 20.7. The monoisotopic (exact) mass is 402 g/mol. The van der Waals surface area contributed by atoms with Crippen LogP contribution in [0.3, 0.4) is 0 Å². The zero-order valence-electron chi connectivity index (χ0n) is 15.9. The van der Waals surface area contributed by atoms with E-state index in [2.05, 4.69) is 5.32 Å². The van der Waals surface area contributed by atoms with E-state index in [-0.39, 0.29) is 17.7 Å². The van der Waals surface area contributed by atoms with Gasteiger partial charge in [0.1, 0.15) is 5.75 Å². The number of carbonyl (C=O) groups excluding carboxylic acids is 1. The van der Waals surface area contributed by atoms with Gasteiger partial charge in [0.2, 0.25) is 0 Å². The van der Waals surface area contributed by atoms with Crippen LogP contribution in [-0.4, -0.2) is 12.0 Å². The van der Waals surface area contributed by atoms with E-state index in [1.54, 1.807) is 0 Å². The number of hydrogen-bond donors (Lipinski definition) is 1.